The van der Waals surface area contributed by atoms with Crippen LogP contribution in [0.5, 0.6) is 5.88 Å². The van der Waals surface area contributed by atoms with Crippen LogP contribution in [-0.4, -0.2) is 26.7 Å². The zero-order valence-electron chi connectivity index (χ0n) is 12.3. The van der Waals surface area contributed by atoms with Crippen molar-refractivity contribution >= 4 is 32.8 Å². The lowest BCUT2D eigenvalue weighted by molar-refractivity contribution is 0.398. The molecule has 1 N–H and O–H groups in total. The molecule has 116 valence electrons. The number of aromatic nitrogens is 4. The quantitative estimate of drug-likeness (QED) is 0.600. The molecule has 4 rings (SSSR count). The minimum absolute atomic E-state index is 0.626. The number of fused-ring (bicyclic) bond motifs is 1. The molecule has 0 aliphatic carbocycles. The predicted molar refractivity (Wildman–Crippen MR) is 92.3 cm³/mol. The Morgan fingerprint density at radius 2 is 2.13 bits per heavy atom. The summed E-state index contributed by atoms with van der Waals surface area (Å²) in [4.78, 5) is 11.8. The first-order valence-electron chi connectivity index (χ1n) is 6.95. The number of nitrogens with zero attached hydrogens (tertiary/aromatic N) is 4. The molecule has 0 unspecified atom stereocenters. The number of rotatable bonds is 5. The van der Waals surface area contributed by atoms with Crippen LogP contribution in [0.1, 0.15) is 4.88 Å². The molecular weight excluding hydrogens is 330 g/mol. The Kier molecular flexibility index (Phi) is 3.68. The van der Waals surface area contributed by atoms with Crippen molar-refractivity contribution in [2.75, 3.05) is 12.4 Å². The highest BCUT2D eigenvalue weighted by molar-refractivity contribution is 7.20. The SMILES string of the molecule is COc1ccc(-c2ccc(CNc3nn4ccnc4s3)s2)cn1. The van der Waals surface area contributed by atoms with E-state index in [4.69, 9.17) is 4.74 Å². The van der Waals surface area contributed by atoms with E-state index in [0.717, 1.165) is 22.2 Å². The number of hydrogen-bond donors (Lipinski definition) is 1. The zero-order chi connectivity index (χ0) is 15.6. The van der Waals surface area contributed by atoms with Crippen LogP contribution in [0.4, 0.5) is 5.13 Å². The molecule has 6 nitrogen and oxygen atoms in total. The Hall–Kier alpha value is -2.45. The summed E-state index contributed by atoms with van der Waals surface area (Å²) in [5.41, 5.74) is 1.09. The number of pyridine rings is 1. The molecule has 8 heteroatoms. The van der Waals surface area contributed by atoms with Crippen molar-refractivity contribution in [3.05, 3.63) is 47.7 Å². The Morgan fingerprint density at radius 1 is 1.17 bits per heavy atom. The van der Waals surface area contributed by atoms with Gasteiger partial charge in [0.2, 0.25) is 16.0 Å². The van der Waals surface area contributed by atoms with Crippen LogP contribution in [0.15, 0.2) is 42.9 Å². The van der Waals surface area contributed by atoms with Crippen LogP contribution in [0, 0.1) is 0 Å². The van der Waals surface area contributed by atoms with E-state index < -0.39 is 0 Å². The molecular formula is C15H13N5OS2. The first-order chi connectivity index (χ1) is 11.3. The topological polar surface area (TPSA) is 64.3 Å². The minimum Gasteiger partial charge on any atom is -0.481 e. The molecule has 0 aliphatic rings. The molecule has 4 aromatic rings. The number of thiophene rings is 1. The molecule has 0 saturated carbocycles. The van der Waals surface area contributed by atoms with Gasteiger partial charge in [0.05, 0.1) is 19.9 Å². The normalized spacial score (nSPS) is 11.0. The molecule has 0 fully saturated rings. The van der Waals surface area contributed by atoms with Gasteiger partial charge < -0.3 is 10.1 Å². The van der Waals surface area contributed by atoms with Gasteiger partial charge in [-0.15, -0.1) is 16.4 Å². The van der Waals surface area contributed by atoms with Crippen molar-refractivity contribution in [3.63, 3.8) is 0 Å². The smallest absolute Gasteiger partial charge is 0.213 e. The number of imidazole rings is 1. The van der Waals surface area contributed by atoms with Crippen molar-refractivity contribution in [1.82, 2.24) is 19.6 Å². The van der Waals surface area contributed by atoms with Crippen molar-refractivity contribution in [3.8, 4) is 16.3 Å². The van der Waals surface area contributed by atoms with E-state index in [1.54, 1.807) is 40.5 Å². The van der Waals surface area contributed by atoms with Crippen LogP contribution < -0.4 is 10.1 Å². The van der Waals surface area contributed by atoms with Crippen molar-refractivity contribution in [2.24, 2.45) is 0 Å². The Bertz CT molecular complexity index is 896. The van der Waals surface area contributed by atoms with Crippen LogP contribution in [0.3, 0.4) is 0 Å². The molecule has 0 spiro atoms. The van der Waals surface area contributed by atoms with Gasteiger partial charge in [0.1, 0.15) is 0 Å². The Morgan fingerprint density at radius 3 is 2.91 bits per heavy atom. The third-order valence-electron chi connectivity index (χ3n) is 3.28. The molecule has 0 saturated heterocycles. The van der Waals surface area contributed by atoms with E-state index in [2.05, 4.69) is 32.5 Å². The highest BCUT2D eigenvalue weighted by Gasteiger charge is 2.07. The molecule has 0 aliphatic heterocycles. The van der Waals surface area contributed by atoms with Crippen molar-refractivity contribution in [1.29, 1.82) is 0 Å². The minimum atomic E-state index is 0.626. The van der Waals surface area contributed by atoms with E-state index in [0.29, 0.717) is 5.88 Å². The highest BCUT2D eigenvalue weighted by atomic mass is 32.1. The predicted octanol–water partition coefficient (Wildman–Crippen LogP) is 3.54. The summed E-state index contributed by atoms with van der Waals surface area (Å²) in [5, 5.41) is 8.62. The van der Waals surface area contributed by atoms with E-state index in [9.17, 15) is 0 Å². The van der Waals surface area contributed by atoms with Gasteiger partial charge in [0, 0.05) is 33.8 Å². The lowest BCUT2D eigenvalue weighted by Crippen LogP contribution is -1.97. The van der Waals surface area contributed by atoms with Crippen molar-refractivity contribution < 1.29 is 4.74 Å². The first kappa shape index (κ1) is 14.2. The average molecular weight is 343 g/mol. The Labute approximate surface area is 140 Å². The monoisotopic (exact) mass is 343 g/mol. The van der Waals surface area contributed by atoms with Gasteiger partial charge in [-0.25, -0.2) is 14.5 Å². The van der Waals surface area contributed by atoms with Gasteiger partial charge >= 0.3 is 0 Å². The fraction of sp³-hybridized carbons (Fsp3) is 0.133. The summed E-state index contributed by atoms with van der Waals surface area (Å²) in [6, 6.07) is 8.12. The second-order valence-corrected chi connectivity index (χ2v) is 6.89. The third-order valence-corrected chi connectivity index (χ3v) is 5.31. The second-order valence-electron chi connectivity index (χ2n) is 4.77. The third kappa shape index (κ3) is 2.90. The molecule has 0 aromatic carbocycles. The molecule has 0 amide bonds. The standard InChI is InChI=1S/C15H13N5OS2/c1-21-13-5-2-10(8-17-13)12-4-3-11(22-12)9-18-14-19-20-7-6-16-15(20)23-14/h2-8H,9H2,1H3,(H,18,19). The van der Waals surface area contributed by atoms with Crippen LogP contribution >= 0.6 is 22.7 Å². The maximum absolute atomic E-state index is 5.09. The summed E-state index contributed by atoms with van der Waals surface area (Å²) in [6.45, 7) is 0.741. The number of nitrogens with one attached hydrogen (secondary N) is 1. The van der Waals surface area contributed by atoms with E-state index in [1.165, 1.54) is 9.75 Å². The van der Waals surface area contributed by atoms with E-state index in [-0.39, 0.29) is 0 Å². The molecule has 4 heterocycles. The maximum atomic E-state index is 5.09. The van der Waals surface area contributed by atoms with Crippen molar-refractivity contribution in [2.45, 2.75) is 6.54 Å². The highest BCUT2D eigenvalue weighted by Crippen LogP contribution is 2.29. The lowest BCUT2D eigenvalue weighted by Gasteiger charge is -2.00. The van der Waals surface area contributed by atoms with E-state index >= 15 is 0 Å². The summed E-state index contributed by atoms with van der Waals surface area (Å²) in [7, 11) is 1.62. The van der Waals surface area contributed by atoms with Crippen LogP contribution in [0.25, 0.3) is 15.4 Å². The fourth-order valence-electron chi connectivity index (χ4n) is 2.15. The summed E-state index contributed by atoms with van der Waals surface area (Å²) in [5.74, 6) is 0.626. The summed E-state index contributed by atoms with van der Waals surface area (Å²) < 4.78 is 6.86. The van der Waals surface area contributed by atoms with E-state index in [1.807, 2.05) is 24.5 Å². The zero-order valence-corrected chi connectivity index (χ0v) is 13.9. The molecule has 4 aromatic heterocycles. The number of hydrogen-bond acceptors (Lipinski definition) is 7. The van der Waals surface area contributed by atoms with Gasteiger partial charge in [0.15, 0.2) is 0 Å². The van der Waals surface area contributed by atoms with Gasteiger partial charge in [-0.3, -0.25) is 0 Å². The van der Waals surface area contributed by atoms with Gasteiger partial charge in [-0.2, -0.15) is 0 Å². The van der Waals surface area contributed by atoms with Gasteiger partial charge in [-0.1, -0.05) is 11.3 Å². The van der Waals surface area contributed by atoms with Gasteiger partial charge in [0.25, 0.3) is 0 Å². The molecule has 23 heavy (non-hydrogen) atoms. The average Bonchev–Trinajstić information content (AvgIpc) is 3.28. The van der Waals surface area contributed by atoms with Crippen LogP contribution in [-0.2, 0) is 6.54 Å². The number of anilines is 1. The maximum Gasteiger partial charge on any atom is 0.213 e. The van der Waals surface area contributed by atoms with Gasteiger partial charge in [-0.05, 0) is 18.2 Å². The molecule has 0 atom stereocenters. The summed E-state index contributed by atoms with van der Waals surface area (Å²) >= 11 is 3.28. The van der Waals surface area contributed by atoms with Crippen LogP contribution in [0.2, 0.25) is 0 Å². The molecule has 0 bridgehead atoms. The lowest BCUT2D eigenvalue weighted by atomic mass is 10.2. The fourth-order valence-corrected chi connectivity index (χ4v) is 3.84. The number of ether oxygens (including phenoxy) is 1. The second kappa shape index (κ2) is 5.98. The summed E-state index contributed by atoms with van der Waals surface area (Å²) in [6.07, 6.45) is 5.42. The first-order valence-corrected chi connectivity index (χ1v) is 8.58. The largest absolute Gasteiger partial charge is 0.481 e. The Balaban J connectivity index is 1.45. The number of methoxy groups -OCH3 is 1. The molecule has 0 radical (unpaired) electrons.